The van der Waals surface area contributed by atoms with Gasteiger partial charge in [-0.15, -0.1) is 0 Å². The zero-order chi connectivity index (χ0) is 13.1. The van der Waals surface area contributed by atoms with E-state index in [0.717, 1.165) is 11.4 Å². The number of oxazole rings is 1. The highest BCUT2D eigenvalue weighted by Gasteiger charge is 2.02. The molecule has 0 aliphatic heterocycles. The molecule has 0 unspecified atom stereocenters. The summed E-state index contributed by atoms with van der Waals surface area (Å²) in [6, 6.07) is 7.35. The number of pyridine rings is 2. The van der Waals surface area contributed by atoms with Gasteiger partial charge in [0.2, 0.25) is 0 Å². The molecule has 3 aromatic heterocycles. The third-order valence-corrected chi connectivity index (χ3v) is 2.50. The molecule has 3 aromatic rings. The Morgan fingerprint density at radius 3 is 2.84 bits per heavy atom. The van der Waals surface area contributed by atoms with Crippen LogP contribution in [-0.2, 0) is 0 Å². The summed E-state index contributed by atoms with van der Waals surface area (Å²) >= 11 is 0. The van der Waals surface area contributed by atoms with Gasteiger partial charge in [0.25, 0.3) is 5.89 Å². The van der Waals surface area contributed by atoms with Crippen LogP contribution in [0.3, 0.4) is 0 Å². The fourth-order valence-electron chi connectivity index (χ4n) is 1.56. The Bertz CT molecular complexity index is 732. The summed E-state index contributed by atoms with van der Waals surface area (Å²) in [6.07, 6.45) is 3.36. The minimum atomic E-state index is 0.353. The van der Waals surface area contributed by atoms with Crippen LogP contribution >= 0.6 is 0 Å². The fourth-order valence-corrected chi connectivity index (χ4v) is 1.56. The maximum absolute atomic E-state index is 5.45. The molecule has 0 aromatic carbocycles. The number of nitrogens with one attached hydrogen (secondary N) is 1. The van der Waals surface area contributed by atoms with E-state index < -0.39 is 0 Å². The second-order valence-corrected chi connectivity index (χ2v) is 3.78. The molecule has 0 aliphatic carbocycles. The van der Waals surface area contributed by atoms with Crippen LogP contribution in [-0.4, -0.2) is 22.0 Å². The van der Waals surface area contributed by atoms with Crippen molar-refractivity contribution in [2.24, 2.45) is 0 Å². The average molecular weight is 250 g/mol. The van der Waals surface area contributed by atoms with E-state index in [0.29, 0.717) is 17.1 Å². The van der Waals surface area contributed by atoms with Gasteiger partial charge in [0.15, 0.2) is 11.2 Å². The van der Waals surface area contributed by atoms with E-state index in [1.165, 1.54) is 0 Å². The predicted octanol–water partition coefficient (Wildman–Crippen LogP) is 2.06. The largest absolute Gasteiger partial charge is 0.428 e. The van der Waals surface area contributed by atoms with E-state index in [-0.39, 0.29) is 0 Å². The van der Waals surface area contributed by atoms with Crippen LogP contribution in [0, 0.1) is 11.8 Å². The Morgan fingerprint density at radius 1 is 1.16 bits per heavy atom. The molecule has 5 nitrogen and oxygen atoms in total. The van der Waals surface area contributed by atoms with Crippen molar-refractivity contribution in [3.05, 3.63) is 48.1 Å². The van der Waals surface area contributed by atoms with Gasteiger partial charge < -0.3 is 9.73 Å². The second-order valence-electron chi connectivity index (χ2n) is 3.78. The van der Waals surface area contributed by atoms with E-state index in [2.05, 4.69) is 32.1 Å². The topological polar surface area (TPSA) is 63.8 Å². The van der Waals surface area contributed by atoms with Gasteiger partial charge in [0.05, 0.1) is 0 Å². The molecule has 3 rings (SSSR count). The highest BCUT2D eigenvalue weighted by atomic mass is 16.3. The van der Waals surface area contributed by atoms with Crippen molar-refractivity contribution in [2.75, 3.05) is 12.4 Å². The molecular formula is C14H10N4O. The summed E-state index contributed by atoms with van der Waals surface area (Å²) in [5.41, 5.74) is 2.00. The second kappa shape index (κ2) is 4.78. The molecule has 0 amide bonds. The van der Waals surface area contributed by atoms with Crippen molar-refractivity contribution in [1.82, 2.24) is 15.0 Å². The number of fused-ring (bicyclic) bond motifs is 1. The van der Waals surface area contributed by atoms with Crippen molar-refractivity contribution in [3.8, 4) is 11.8 Å². The van der Waals surface area contributed by atoms with Crippen LogP contribution in [0.15, 0.2) is 41.1 Å². The van der Waals surface area contributed by atoms with Crippen LogP contribution in [0.2, 0.25) is 0 Å². The van der Waals surface area contributed by atoms with Crippen molar-refractivity contribution in [1.29, 1.82) is 0 Å². The van der Waals surface area contributed by atoms with Crippen LogP contribution < -0.4 is 5.32 Å². The van der Waals surface area contributed by atoms with Gasteiger partial charge >= 0.3 is 0 Å². The Balaban J connectivity index is 1.89. The molecule has 0 bridgehead atoms. The maximum atomic E-state index is 5.45. The van der Waals surface area contributed by atoms with Crippen LogP contribution in [0.1, 0.15) is 11.5 Å². The lowest BCUT2D eigenvalue weighted by Gasteiger charge is -1.96. The molecule has 0 fully saturated rings. The minimum Gasteiger partial charge on any atom is -0.428 e. The van der Waals surface area contributed by atoms with Gasteiger partial charge in [-0.05, 0) is 30.2 Å². The third-order valence-electron chi connectivity index (χ3n) is 2.50. The normalized spacial score (nSPS) is 9.95. The smallest absolute Gasteiger partial charge is 0.276 e. The molecule has 19 heavy (non-hydrogen) atoms. The SMILES string of the molecule is CNc1ccc(C#Cc2nc3ncccc3o2)cn1. The molecule has 0 aliphatic rings. The van der Waals surface area contributed by atoms with Gasteiger partial charge in [-0.3, -0.25) is 0 Å². The lowest BCUT2D eigenvalue weighted by Crippen LogP contribution is -1.91. The number of hydrogen-bond acceptors (Lipinski definition) is 5. The number of nitrogens with zero attached hydrogens (tertiary/aromatic N) is 3. The highest BCUT2D eigenvalue weighted by Crippen LogP contribution is 2.11. The quantitative estimate of drug-likeness (QED) is 0.670. The summed E-state index contributed by atoms with van der Waals surface area (Å²) in [4.78, 5) is 12.4. The Labute approximate surface area is 109 Å². The van der Waals surface area contributed by atoms with E-state index in [4.69, 9.17) is 4.42 Å². The van der Waals surface area contributed by atoms with Crippen LogP contribution in [0.4, 0.5) is 5.82 Å². The molecular weight excluding hydrogens is 240 g/mol. The summed E-state index contributed by atoms with van der Waals surface area (Å²) in [5, 5.41) is 2.95. The maximum Gasteiger partial charge on any atom is 0.276 e. The standard InChI is InChI=1S/C14H10N4O/c1-15-12-6-4-10(9-17-12)5-7-13-18-14-11(19-13)3-2-8-16-14/h2-4,6,8-9H,1H3,(H,15,17). The average Bonchev–Trinajstić information content (AvgIpc) is 2.88. The summed E-state index contributed by atoms with van der Waals surface area (Å²) in [5.74, 6) is 6.96. The van der Waals surface area contributed by atoms with Crippen molar-refractivity contribution in [2.45, 2.75) is 0 Å². The van der Waals surface area contributed by atoms with Crippen LogP contribution in [0.25, 0.3) is 11.2 Å². The number of anilines is 1. The molecule has 0 radical (unpaired) electrons. The molecule has 0 saturated heterocycles. The van der Waals surface area contributed by atoms with Gasteiger partial charge in [-0.1, -0.05) is 5.92 Å². The molecule has 92 valence electrons. The Kier molecular flexibility index (Phi) is 2.83. The van der Waals surface area contributed by atoms with Crippen molar-refractivity contribution >= 4 is 17.0 Å². The van der Waals surface area contributed by atoms with Gasteiger partial charge in [0.1, 0.15) is 5.82 Å². The molecule has 1 N–H and O–H groups in total. The molecule has 5 heteroatoms. The van der Waals surface area contributed by atoms with E-state index in [1.54, 1.807) is 18.5 Å². The number of aromatic nitrogens is 3. The van der Waals surface area contributed by atoms with Crippen LogP contribution in [0.5, 0.6) is 0 Å². The van der Waals surface area contributed by atoms with Crippen molar-refractivity contribution < 1.29 is 4.42 Å². The monoisotopic (exact) mass is 250 g/mol. The van der Waals surface area contributed by atoms with E-state index in [1.807, 2.05) is 25.2 Å². The summed E-state index contributed by atoms with van der Waals surface area (Å²) in [6.45, 7) is 0. The first-order valence-electron chi connectivity index (χ1n) is 5.72. The molecule has 0 saturated carbocycles. The van der Waals surface area contributed by atoms with Gasteiger partial charge in [0, 0.05) is 25.0 Å². The fraction of sp³-hybridized carbons (Fsp3) is 0.0714. The molecule has 0 atom stereocenters. The Hall–Kier alpha value is -2.87. The number of hydrogen-bond donors (Lipinski definition) is 1. The zero-order valence-corrected chi connectivity index (χ0v) is 10.2. The van der Waals surface area contributed by atoms with Gasteiger partial charge in [-0.25, -0.2) is 9.97 Å². The van der Waals surface area contributed by atoms with E-state index in [9.17, 15) is 0 Å². The predicted molar refractivity (Wildman–Crippen MR) is 71.6 cm³/mol. The lowest BCUT2D eigenvalue weighted by atomic mass is 10.3. The van der Waals surface area contributed by atoms with E-state index >= 15 is 0 Å². The minimum absolute atomic E-state index is 0.353. The number of rotatable bonds is 1. The lowest BCUT2D eigenvalue weighted by molar-refractivity contribution is 0.586. The first-order chi connectivity index (χ1) is 9.35. The van der Waals surface area contributed by atoms with Crippen molar-refractivity contribution in [3.63, 3.8) is 0 Å². The molecule has 3 heterocycles. The molecule has 0 spiro atoms. The highest BCUT2D eigenvalue weighted by molar-refractivity contribution is 5.67. The summed E-state index contributed by atoms with van der Waals surface area (Å²) in [7, 11) is 1.82. The summed E-state index contributed by atoms with van der Waals surface area (Å²) < 4.78 is 5.45. The first-order valence-corrected chi connectivity index (χ1v) is 5.72. The van der Waals surface area contributed by atoms with Gasteiger partial charge in [-0.2, -0.15) is 4.98 Å². The third kappa shape index (κ3) is 2.38. The Morgan fingerprint density at radius 2 is 2.11 bits per heavy atom. The first kappa shape index (κ1) is 11.2. The zero-order valence-electron chi connectivity index (χ0n) is 10.2.